The molecular weight excluding hydrogens is 317 g/mol. The van der Waals surface area contributed by atoms with Crippen LogP contribution in [0.1, 0.15) is 28.1 Å². The predicted octanol–water partition coefficient (Wildman–Crippen LogP) is 2.93. The van der Waals surface area contributed by atoms with Crippen LogP contribution in [-0.4, -0.2) is 35.4 Å². The van der Waals surface area contributed by atoms with Crippen molar-refractivity contribution >= 4 is 23.0 Å². The lowest BCUT2D eigenvalue weighted by molar-refractivity contribution is -0.163. The van der Waals surface area contributed by atoms with E-state index in [4.69, 9.17) is 5.26 Å². The smallest absolute Gasteiger partial charge is 0.329 e. The van der Waals surface area contributed by atoms with E-state index in [1.54, 1.807) is 24.4 Å². The van der Waals surface area contributed by atoms with Gasteiger partial charge in [-0.15, -0.1) is 11.3 Å². The Kier molecular flexibility index (Phi) is 4.56. The van der Waals surface area contributed by atoms with Crippen LogP contribution >= 0.6 is 11.3 Å². The highest BCUT2D eigenvalue weighted by Crippen LogP contribution is 2.32. The molecule has 2 rings (SSSR count). The fraction of sp³-hybridized carbons (Fsp3) is 0.500. The van der Waals surface area contributed by atoms with Crippen molar-refractivity contribution in [3.8, 4) is 6.07 Å². The van der Waals surface area contributed by atoms with Crippen molar-refractivity contribution in [2.75, 3.05) is 6.54 Å². The Labute approximate surface area is 129 Å². The highest BCUT2D eigenvalue weighted by Gasteiger charge is 2.44. The van der Waals surface area contributed by atoms with Crippen LogP contribution in [0, 0.1) is 24.2 Å². The van der Waals surface area contributed by atoms with Gasteiger partial charge in [-0.2, -0.15) is 18.4 Å². The van der Waals surface area contributed by atoms with Crippen molar-refractivity contribution in [1.82, 2.24) is 4.90 Å². The predicted molar refractivity (Wildman–Crippen MR) is 73.3 cm³/mol. The second-order valence-corrected chi connectivity index (χ2v) is 6.09. The molecule has 1 saturated carbocycles. The van der Waals surface area contributed by atoms with Crippen LogP contribution in [0.25, 0.3) is 0 Å². The van der Waals surface area contributed by atoms with Gasteiger partial charge in [0.15, 0.2) is 11.7 Å². The number of thiophene rings is 1. The van der Waals surface area contributed by atoms with Crippen molar-refractivity contribution in [1.29, 1.82) is 5.26 Å². The van der Waals surface area contributed by atoms with Gasteiger partial charge in [-0.05, 0) is 36.8 Å². The molecule has 1 amide bonds. The first-order valence-corrected chi connectivity index (χ1v) is 7.47. The maximum Gasteiger partial charge on any atom is 0.406 e. The van der Waals surface area contributed by atoms with E-state index in [-0.39, 0.29) is 4.88 Å². The first kappa shape index (κ1) is 16.5. The molecule has 118 valence electrons. The van der Waals surface area contributed by atoms with E-state index in [2.05, 4.69) is 0 Å². The van der Waals surface area contributed by atoms with E-state index in [0.29, 0.717) is 23.3 Å². The Morgan fingerprint density at radius 2 is 2.14 bits per heavy atom. The largest absolute Gasteiger partial charge is 0.406 e. The SMILES string of the molecule is Cc1ccsc1C(=O)C(C#N)C(=O)N(CC(F)(F)F)C1CC1. The minimum Gasteiger partial charge on any atom is -0.329 e. The summed E-state index contributed by atoms with van der Waals surface area (Å²) < 4.78 is 37.8. The van der Waals surface area contributed by atoms with Crippen LogP contribution in [0.2, 0.25) is 0 Å². The molecule has 0 spiro atoms. The molecule has 0 aliphatic heterocycles. The van der Waals surface area contributed by atoms with E-state index in [1.807, 2.05) is 0 Å². The number of carbonyl (C=O) groups excluding carboxylic acids is 2. The Hall–Kier alpha value is -1.88. The molecule has 1 aromatic heterocycles. The molecule has 0 aromatic carbocycles. The number of alkyl halides is 3. The van der Waals surface area contributed by atoms with E-state index in [9.17, 15) is 22.8 Å². The Morgan fingerprint density at radius 1 is 1.50 bits per heavy atom. The van der Waals surface area contributed by atoms with E-state index in [1.165, 1.54) is 0 Å². The average molecular weight is 330 g/mol. The molecule has 0 N–H and O–H groups in total. The van der Waals surface area contributed by atoms with E-state index in [0.717, 1.165) is 11.3 Å². The molecule has 1 aliphatic rings. The summed E-state index contributed by atoms with van der Waals surface area (Å²) in [4.78, 5) is 25.4. The molecule has 1 fully saturated rings. The number of ketones is 1. The van der Waals surface area contributed by atoms with E-state index >= 15 is 0 Å². The minimum absolute atomic E-state index is 0.239. The maximum atomic E-state index is 12.6. The van der Waals surface area contributed by atoms with Crippen LogP contribution in [-0.2, 0) is 4.79 Å². The number of hydrogen-bond acceptors (Lipinski definition) is 4. The van der Waals surface area contributed by atoms with Crippen LogP contribution < -0.4 is 0 Å². The summed E-state index contributed by atoms with van der Waals surface area (Å²) in [6.07, 6.45) is -3.63. The fourth-order valence-corrected chi connectivity index (χ4v) is 3.01. The summed E-state index contributed by atoms with van der Waals surface area (Å²) >= 11 is 1.07. The van der Waals surface area contributed by atoms with Gasteiger partial charge in [0.25, 0.3) is 0 Å². The number of aryl methyl sites for hydroxylation is 1. The maximum absolute atomic E-state index is 12.6. The zero-order valence-electron chi connectivity index (χ0n) is 11.7. The second kappa shape index (κ2) is 6.08. The number of amides is 1. The molecule has 1 heterocycles. The topological polar surface area (TPSA) is 61.2 Å². The van der Waals surface area contributed by atoms with Crippen LogP contribution in [0.5, 0.6) is 0 Å². The van der Waals surface area contributed by atoms with Crippen molar-refractivity contribution in [3.05, 3.63) is 21.9 Å². The Balaban J connectivity index is 2.22. The van der Waals surface area contributed by atoms with Crippen molar-refractivity contribution in [2.45, 2.75) is 32.0 Å². The van der Waals surface area contributed by atoms with Gasteiger partial charge in [0.2, 0.25) is 5.91 Å². The van der Waals surface area contributed by atoms with Crippen LogP contribution in [0.4, 0.5) is 13.2 Å². The third-order valence-electron chi connectivity index (χ3n) is 3.34. The third kappa shape index (κ3) is 3.65. The first-order valence-electron chi connectivity index (χ1n) is 6.59. The minimum atomic E-state index is -4.56. The summed E-state index contributed by atoms with van der Waals surface area (Å²) in [5.41, 5.74) is 0.608. The number of nitriles is 1. The van der Waals surface area contributed by atoms with Crippen molar-refractivity contribution in [2.24, 2.45) is 5.92 Å². The number of Topliss-reactive ketones (excluding diaryl/α,β-unsaturated/α-hetero) is 1. The molecule has 0 bridgehead atoms. The lowest BCUT2D eigenvalue weighted by Gasteiger charge is -2.25. The van der Waals surface area contributed by atoms with Gasteiger partial charge in [-0.3, -0.25) is 9.59 Å². The van der Waals surface area contributed by atoms with Gasteiger partial charge < -0.3 is 4.90 Å². The Bertz CT molecular complexity index is 629. The van der Waals surface area contributed by atoms with Crippen LogP contribution in [0.3, 0.4) is 0 Å². The van der Waals surface area contributed by atoms with E-state index < -0.39 is 36.4 Å². The van der Waals surface area contributed by atoms with Gasteiger partial charge in [0, 0.05) is 6.04 Å². The number of hydrogen-bond donors (Lipinski definition) is 0. The molecule has 1 atom stereocenters. The molecule has 1 unspecified atom stereocenters. The van der Waals surface area contributed by atoms with Crippen LogP contribution in [0.15, 0.2) is 11.4 Å². The molecule has 1 aliphatic carbocycles. The summed E-state index contributed by atoms with van der Waals surface area (Å²) in [6.45, 7) is 0.225. The summed E-state index contributed by atoms with van der Waals surface area (Å²) in [5, 5.41) is 10.7. The molecule has 0 saturated heterocycles. The third-order valence-corrected chi connectivity index (χ3v) is 4.38. The summed E-state index contributed by atoms with van der Waals surface area (Å²) in [6, 6.07) is 2.70. The molecule has 1 aromatic rings. The van der Waals surface area contributed by atoms with Gasteiger partial charge in [-0.25, -0.2) is 0 Å². The standard InChI is InChI=1S/C14H13F3N2O2S/c1-8-4-5-22-12(8)11(20)10(6-18)13(21)19(9-2-3-9)7-14(15,16)17/h4-5,9-10H,2-3,7H2,1H3. The number of halogens is 3. The second-order valence-electron chi connectivity index (χ2n) is 5.17. The molecule has 4 nitrogen and oxygen atoms in total. The number of carbonyl (C=O) groups is 2. The fourth-order valence-electron chi connectivity index (χ4n) is 2.11. The lowest BCUT2D eigenvalue weighted by Crippen LogP contribution is -2.45. The zero-order valence-corrected chi connectivity index (χ0v) is 12.5. The van der Waals surface area contributed by atoms with Gasteiger partial charge in [0.1, 0.15) is 6.54 Å². The number of nitrogens with zero attached hydrogens (tertiary/aromatic N) is 2. The number of rotatable bonds is 5. The lowest BCUT2D eigenvalue weighted by atomic mass is 10.0. The normalized spacial score (nSPS) is 16.0. The zero-order chi connectivity index (χ0) is 16.5. The molecule has 22 heavy (non-hydrogen) atoms. The Morgan fingerprint density at radius 3 is 2.55 bits per heavy atom. The molecule has 8 heteroatoms. The van der Waals surface area contributed by atoms with Crippen molar-refractivity contribution < 1.29 is 22.8 Å². The highest BCUT2D eigenvalue weighted by molar-refractivity contribution is 7.12. The summed E-state index contributed by atoms with van der Waals surface area (Å²) in [5.74, 6) is -3.51. The highest BCUT2D eigenvalue weighted by atomic mass is 32.1. The van der Waals surface area contributed by atoms with Gasteiger partial charge >= 0.3 is 6.18 Å². The quantitative estimate of drug-likeness (QED) is 0.616. The van der Waals surface area contributed by atoms with Gasteiger partial charge in [0.05, 0.1) is 10.9 Å². The molecule has 0 radical (unpaired) electrons. The summed E-state index contributed by atoms with van der Waals surface area (Å²) in [7, 11) is 0. The molecular formula is C14H13F3N2O2S. The average Bonchev–Trinajstić information content (AvgIpc) is 3.17. The monoisotopic (exact) mass is 330 g/mol. The first-order chi connectivity index (χ1) is 10.2. The van der Waals surface area contributed by atoms with Crippen molar-refractivity contribution in [3.63, 3.8) is 0 Å². The van der Waals surface area contributed by atoms with Gasteiger partial charge in [-0.1, -0.05) is 0 Å².